The van der Waals surface area contributed by atoms with Crippen LogP contribution in [-0.4, -0.2) is 21.8 Å². The maximum atomic E-state index is 11.4. The summed E-state index contributed by atoms with van der Waals surface area (Å²) < 4.78 is 11.4. The summed E-state index contributed by atoms with van der Waals surface area (Å²) in [4.78, 5) is 0. The molecule has 0 fully saturated rings. The first kappa shape index (κ1) is 13.1. The molecule has 0 aromatic rings. The molecular weight excluding hydrogens is 182 g/mol. The van der Waals surface area contributed by atoms with Crippen LogP contribution in [0.1, 0.15) is 40.0 Å². The van der Waals surface area contributed by atoms with Crippen LogP contribution in [0.25, 0.3) is 0 Å². The van der Waals surface area contributed by atoms with Crippen LogP contribution < -0.4 is 5.73 Å². The highest BCUT2D eigenvalue weighted by atomic mass is 32.2. The Morgan fingerprint density at radius 3 is 2.23 bits per heavy atom. The van der Waals surface area contributed by atoms with E-state index in [1.807, 2.05) is 6.92 Å². The van der Waals surface area contributed by atoms with Gasteiger partial charge in [0.2, 0.25) is 0 Å². The maximum absolute atomic E-state index is 11.4. The van der Waals surface area contributed by atoms with E-state index in [4.69, 9.17) is 5.73 Å². The standard InChI is InChI=1S/C10H23NOS/c1-9(2)5-4-7-13(12)8-6-10(3)11/h9-10H,4-8,11H2,1-3H3. The first-order valence-corrected chi connectivity index (χ1v) is 6.61. The van der Waals surface area contributed by atoms with Crippen LogP contribution in [0.15, 0.2) is 0 Å². The van der Waals surface area contributed by atoms with E-state index in [0.29, 0.717) is 0 Å². The molecule has 0 saturated heterocycles. The van der Waals surface area contributed by atoms with E-state index in [1.165, 1.54) is 6.42 Å². The molecule has 2 unspecified atom stereocenters. The molecule has 0 saturated carbocycles. The van der Waals surface area contributed by atoms with Crippen LogP contribution in [0.4, 0.5) is 0 Å². The van der Waals surface area contributed by atoms with Gasteiger partial charge < -0.3 is 5.73 Å². The Morgan fingerprint density at radius 1 is 1.15 bits per heavy atom. The molecule has 0 rings (SSSR count). The summed E-state index contributed by atoms with van der Waals surface area (Å²) >= 11 is 0. The molecule has 0 spiro atoms. The molecule has 0 amide bonds. The highest BCUT2D eigenvalue weighted by molar-refractivity contribution is 7.84. The van der Waals surface area contributed by atoms with Crippen molar-refractivity contribution < 1.29 is 4.21 Å². The van der Waals surface area contributed by atoms with Crippen LogP contribution in [-0.2, 0) is 10.8 Å². The second-order valence-electron chi connectivity index (χ2n) is 4.15. The second-order valence-corrected chi connectivity index (χ2v) is 5.85. The van der Waals surface area contributed by atoms with Crippen LogP contribution in [0.5, 0.6) is 0 Å². The SMILES string of the molecule is CC(C)CCCS(=O)CCC(C)N. The molecule has 80 valence electrons. The fourth-order valence-electron chi connectivity index (χ4n) is 1.07. The number of hydrogen-bond donors (Lipinski definition) is 1. The Labute approximate surface area is 84.7 Å². The summed E-state index contributed by atoms with van der Waals surface area (Å²) in [5.74, 6) is 2.35. The topological polar surface area (TPSA) is 43.1 Å². The monoisotopic (exact) mass is 205 g/mol. The Balaban J connectivity index is 3.30. The average molecular weight is 205 g/mol. The van der Waals surface area contributed by atoms with Gasteiger partial charge in [0, 0.05) is 28.3 Å². The normalized spacial score (nSPS) is 16.1. The van der Waals surface area contributed by atoms with Crippen molar-refractivity contribution in [3.8, 4) is 0 Å². The van der Waals surface area contributed by atoms with Crippen molar-refractivity contribution in [3.63, 3.8) is 0 Å². The molecule has 13 heavy (non-hydrogen) atoms. The molecule has 0 aromatic carbocycles. The summed E-state index contributed by atoms with van der Waals surface area (Å²) in [6, 6.07) is 0.189. The molecule has 2 N–H and O–H groups in total. The first-order chi connectivity index (χ1) is 6.02. The quantitative estimate of drug-likeness (QED) is 0.690. The Morgan fingerprint density at radius 2 is 1.77 bits per heavy atom. The van der Waals surface area contributed by atoms with E-state index in [2.05, 4.69) is 13.8 Å². The van der Waals surface area contributed by atoms with Crippen molar-refractivity contribution >= 4 is 10.8 Å². The van der Waals surface area contributed by atoms with Gasteiger partial charge in [-0.1, -0.05) is 20.3 Å². The van der Waals surface area contributed by atoms with Crippen molar-refractivity contribution in [3.05, 3.63) is 0 Å². The number of hydrogen-bond acceptors (Lipinski definition) is 2. The highest BCUT2D eigenvalue weighted by Gasteiger charge is 2.02. The third-order valence-electron chi connectivity index (χ3n) is 1.95. The van der Waals surface area contributed by atoms with Crippen molar-refractivity contribution in [2.45, 2.75) is 46.1 Å². The Bertz CT molecular complexity index is 146. The summed E-state index contributed by atoms with van der Waals surface area (Å²) in [7, 11) is -0.637. The lowest BCUT2D eigenvalue weighted by Gasteiger charge is -2.06. The van der Waals surface area contributed by atoms with Crippen LogP contribution in [0.3, 0.4) is 0 Å². The van der Waals surface area contributed by atoms with Gasteiger partial charge in [0.05, 0.1) is 0 Å². The molecule has 2 atom stereocenters. The van der Waals surface area contributed by atoms with Gasteiger partial charge in [0.1, 0.15) is 0 Å². The van der Waals surface area contributed by atoms with Crippen LogP contribution >= 0.6 is 0 Å². The zero-order chi connectivity index (χ0) is 10.3. The van der Waals surface area contributed by atoms with Gasteiger partial charge in [-0.25, -0.2) is 0 Å². The molecule has 0 heterocycles. The highest BCUT2D eigenvalue weighted by Crippen LogP contribution is 2.04. The molecule has 0 aliphatic carbocycles. The molecule has 2 nitrogen and oxygen atoms in total. The van der Waals surface area contributed by atoms with Gasteiger partial charge in [-0.2, -0.15) is 0 Å². The van der Waals surface area contributed by atoms with E-state index in [9.17, 15) is 4.21 Å². The largest absolute Gasteiger partial charge is 0.328 e. The lowest BCUT2D eigenvalue weighted by Crippen LogP contribution is -2.18. The smallest absolute Gasteiger partial charge is 0.0249 e. The predicted octanol–water partition coefficient (Wildman–Crippen LogP) is 1.91. The molecule has 0 bridgehead atoms. The number of nitrogens with two attached hydrogens (primary N) is 1. The summed E-state index contributed by atoms with van der Waals surface area (Å²) in [5, 5.41) is 0. The maximum Gasteiger partial charge on any atom is 0.0249 e. The van der Waals surface area contributed by atoms with Crippen LogP contribution in [0.2, 0.25) is 0 Å². The minimum atomic E-state index is -0.637. The zero-order valence-corrected chi connectivity index (χ0v) is 9.90. The fraction of sp³-hybridized carbons (Fsp3) is 1.00. The van der Waals surface area contributed by atoms with E-state index < -0.39 is 10.8 Å². The van der Waals surface area contributed by atoms with Crippen molar-refractivity contribution in [1.29, 1.82) is 0 Å². The van der Waals surface area contributed by atoms with Crippen molar-refractivity contribution in [1.82, 2.24) is 0 Å². The lowest BCUT2D eigenvalue weighted by molar-refractivity contribution is 0.575. The van der Waals surface area contributed by atoms with E-state index in [1.54, 1.807) is 0 Å². The molecule has 0 radical (unpaired) electrons. The van der Waals surface area contributed by atoms with Gasteiger partial charge in [-0.3, -0.25) is 4.21 Å². The molecule has 0 aromatic heterocycles. The molecular formula is C10H23NOS. The Kier molecular flexibility index (Phi) is 7.57. The van der Waals surface area contributed by atoms with E-state index in [0.717, 1.165) is 30.3 Å². The second kappa shape index (κ2) is 7.51. The third kappa shape index (κ3) is 10.0. The van der Waals surface area contributed by atoms with Crippen molar-refractivity contribution in [2.75, 3.05) is 11.5 Å². The zero-order valence-electron chi connectivity index (χ0n) is 9.08. The van der Waals surface area contributed by atoms with E-state index in [-0.39, 0.29) is 6.04 Å². The van der Waals surface area contributed by atoms with E-state index >= 15 is 0 Å². The predicted molar refractivity (Wildman–Crippen MR) is 60.2 cm³/mol. The molecule has 0 aliphatic heterocycles. The van der Waals surface area contributed by atoms with Gasteiger partial charge in [-0.15, -0.1) is 0 Å². The summed E-state index contributed by atoms with van der Waals surface area (Å²) in [6.45, 7) is 6.36. The van der Waals surface area contributed by atoms with Gasteiger partial charge in [-0.05, 0) is 25.7 Å². The van der Waals surface area contributed by atoms with Gasteiger partial charge >= 0.3 is 0 Å². The first-order valence-electron chi connectivity index (χ1n) is 5.13. The van der Waals surface area contributed by atoms with Crippen LogP contribution in [0, 0.1) is 5.92 Å². The minimum Gasteiger partial charge on any atom is -0.328 e. The van der Waals surface area contributed by atoms with Gasteiger partial charge in [0.25, 0.3) is 0 Å². The minimum absolute atomic E-state index is 0.189. The average Bonchev–Trinajstić information content (AvgIpc) is 2.00. The molecule has 0 aliphatic rings. The Hall–Kier alpha value is 0.110. The summed E-state index contributed by atoms with van der Waals surface area (Å²) in [5.41, 5.74) is 5.58. The third-order valence-corrected chi connectivity index (χ3v) is 3.39. The number of rotatable bonds is 7. The van der Waals surface area contributed by atoms with Crippen molar-refractivity contribution in [2.24, 2.45) is 11.7 Å². The lowest BCUT2D eigenvalue weighted by atomic mass is 10.1. The fourth-order valence-corrected chi connectivity index (χ4v) is 2.40. The van der Waals surface area contributed by atoms with Gasteiger partial charge in [0.15, 0.2) is 0 Å². The molecule has 3 heteroatoms. The summed E-state index contributed by atoms with van der Waals surface area (Å²) in [6.07, 6.45) is 3.15.